The van der Waals surface area contributed by atoms with Gasteiger partial charge in [-0.15, -0.1) is 0 Å². The Kier molecular flexibility index (Phi) is 6.38. The van der Waals surface area contributed by atoms with E-state index < -0.39 is 0 Å². The van der Waals surface area contributed by atoms with Gasteiger partial charge in [0.15, 0.2) is 5.65 Å². The maximum atomic E-state index is 13.7. The molecule has 1 aliphatic rings. The molecule has 2 N–H and O–H groups in total. The Balaban J connectivity index is 1.39. The maximum absolute atomic E-state index is 13.7. The second-order valence-corrected chi connectivity index (χ2v) is 8.54. The third-order valence-electron chi connectivity index (χ3n) is 4.94. The van der Waals surface area contributed by atoms with E-state index in [0.29, 0.717) is 18.8 Å². The largest absolute Gasteiger partial charge is 0.374 e. The molecule has 4 rings (SSSR count). The van der Waals surface area contributed by atoms with Gasteiger partial charge < -0.3 is 15.5 Å². The Morgan fingerprint density at radius 3 is 3.00 bits per heavy atom. The summed E-state index contributed by atoms with van der Waals surface area (Å²) in [6.07, 6.45) is 5.38. The fourth-order valence-corrected chi connectivity index (χ4v) is 4.77. The van der Waals surface area contributed by atoms with Crippen LogP contribution in [0.4, 0.5) is 15.9 Å². The molecule has 2 aromatic heterocycles. The number of carbonyl (C=O) groups excluding carboxylic acids is 1. The number of fused-ring (bicyclic) bond motifs is 1. The van der Waals surface area contributed by atoms with Gasteiger partial charge in [-0.25, -0.2) is 14.4 Å². The first-order valence-corrected chi connectivity index (χ1v) is 12.6. The predicted octanol–water partition coefficient (Wildman–Crippen LogP) is 3.93. The molecule has 0 saturated carbocycles. The summed E-state index contributed by atoms with van der Waals surface area (Å²) in [5.74, 6) is 0.380. The topological polar surface area (TPSA) is 75.1 Å². The maximum Gasteiger partial charge on any atom is 0.241 e. The van der Waals surface area contributed by atoms with Crippen LogP contribution >= 0.6 is 30.3 Å². The molecular formula is C19H20FIN6OS. The number of halogens is 2. The van der Waals surface area contributed by atoms with Gasteiger partial charge >= 0.3 is 0 Å². The third kappa shape index (κ3) is 4.58. The Hall–Kier alpha value is -2.08. The highest BCUT2D eigenvalue weighted by molar-refractivity contribution is 14.2. The van der Waals surface area contributed by atoms with Crippen molar-refractivity contribution >= 4 is 58.8 Å². The molecule has 1 aromatic carbocycles. The Bertz CT molecular complexity index is 1020. The molecule has 7 nitrogen and oxygen atoms in total. The van der Waals surface area contributed by atoms with E-state index in [1.165, 1.54) is 6.07 Å². The van der Waals surface area contributed by atoms with Gasteiger partial charge in [0, 0.05) is 55.7 Å². The average molecular weight is 526 g/mol. The number of anilines is 2. The lowest BCUT2D eigenvalue weighted by atomic mass is 10.1. The summed E-state index contributed by atoms with van der Waals surface area (Å²) in [4.78, 5) is 23.2. The van der Waals surface area contributed by atoms with E-state index in [2.05, 4.69) is 41.8 Å². The van der Waals surface area contributed by atoms with Crippen LogP contribution in [0, 0.1) is 5.82 Å². The molecule has 3 aromatic rings. The van der Waals surface area contributed by atoms with Crippen LogP contribution in [0.1, 0.15) is 12.8 Å². The lowest BCUT2D eigenvalue weighted by Gasteiger charge is -2.33. The number of likely N-dealkylation sites (tertiary alicyclic amines) is 1. The second kappa shape index (κ2) is 9.16. The zero-order valence-corrected chi connectivity index (χ0v) is 18.5. The zero-order valence-electron chi connectivity index (χ0n) is 15.5. The minimum absolute atomic E-state index is 0.0416. The number of rotatable bonds is 6. The van der Waals surface area contributed by atoms with Crippen LogP contribution in [0.15, 0.2) is 42.9 Å². The molecule has 0 aliphatic carbocycles. The smallest absolute Gasteiger partial charge is 0.241 e. The molecule has 1 amide bonds. The van der Waals surface area contributed by atoms with Crippen molar-refractivity contribution in [3.63, 3.8) is 0 Å². The number of carbonyl (C=O) groups is 1. The first-order chi connectivity index (χ1) is 14.2. The van der Waals surface area contributed by atoms with Gasteiger partial charge in [0.05, 0.1) is 17.6 Å². The van der Waals surface area contributed by atoms with Crippen molar-refractivity contribution in [3.05, 3.63) is 48.7 Å². The Labute approximate surface area is 184 Å². The van der Waals surface area contributed by atoms with Crippen LogP contribution in [0.3, 0.4) is 0 Å². The summed E-state index contributed by atoms with van der Waals surface area (Å²) in [5, 5.41) is 7.33. The van der Waals surface area contributed by atoms with Gasteiger partial charge in [-0.05, 0) is 31.0 Å². The van der Waals surface area contributed by atoms with E-state index in [1.54, 1.807) is 33.6 Å². The van der Waals surface area contributed by atoms with Crippen LogP contribution in [0.25, 0.3) is 11.0 Å². The lowest BCUT2D eigenvalue weighted by Crippen LogP contribution is -2.47. The quantitative estimate of drug-likeness (QED) is 0.475. The Morgan fingerprint density at radius 1 is 1.31 bits per heavy atom. The monoisotopic (exact) mass is 526 g/mol. The van der Waals surface area contributed by atoms with Gasteiger partial charge in [-0.1, -0.05) is 12.1 Å². The predicted molar refractivity (Wildman–Crippen MR) is 123 cm³/mol. The number of para-hydroxylation sites is 1. The molecule has 29 heavy (non-hydrogen) atoms. The summed E-state index contributed by atoms with van der Waals surface area (Å²) in [6, 6.07) is 8.47. The van der Waals surface area contributed by atoms with Gasteiger partial charge in [-0.3, -0.25) is 8.77 Å². The van der Waals surface area contributed by atoms with Crippen LogP contribution in [0.2, 0.25) is 0 Å². The van der Waals surface area contributed by atoms with Crippen LogP contribution < -0.4 is 10.6 Å². The van der Waals surface area contributed by atoms with Crippen molar-refractivity contribution in [2.75, 3.05) is 30.3 Å². The van der Waals surface area contributed by atoms with Gasteiger partial charge in [0.2, 0.25) is 5.91 Å². The van der Waals surface area contributed by atoms with Crippen molar-refractivity contribution in [1.82, 2.24) is 18.8 Å². The van der Waals surface area contributed by atoms with Gasteiger partial charge in [-0.2, -0.15) is 0 Å². The number of piperidine rings is 1. The molecule has 0 bridgehead atoms. The molecule has 1 unspecified atom stereocenters. The van der Waals surface area contributed by atoms with E-state index in [9.17, 15) is 9.18 Å². The fourth-order valence-electron chi connectivity index (χ4n) is 3.50. The summed E-state index contributed by atoms with van der Waals surface area (Å²) >= 11 is 2.21. The summed E-state index contributed by atoms with van der Waals surface area (Å²) in [7, 11) is 1.55. The summed E-state index contributed by atoms with van der Waals surface area (Å²) < 4.78 is 15.7. The molecule has 1 fully saturated rings. The first-order valence-electron chi connectivity index (χ1n) is 9.29. The van der Waals surface area contributed by atoms with Crippen molar-refractivity contribution in [1.29, 1.82) is 0 Å². The molecule has 1 aliphatic heterocycles. The number of nitrogens with one attached hydrogen (secondary N) is 2. The molecular weight excluding hydrogens is 506 g/mol. The van der Waals surface area contributed by atoms with E-state index in [0.717, 1.165) is 29.7 Å². The fraction of sp³-hybridized carbons (Fsp3) is 0.316. The van der Waals surface area contributed by atoms with Crippen LogP contribution in [-0.4, -0.2) is 50.4 Å². The van der Waals surface area contributed by atoms with Crippen LogP contribution in [-0.2, 0) is 4.79 Å². The standard InChI is InChI=1S/C19H20FIN6OS/c20-15-5-1-2-6-16(15)22-10-17(28)26-8-3-4-13(11-26)25-18-14-7-9-27(29-21)19(14)24-12-23-18/h1-2,5-7,9,12-13,22H,3-4,8,10-11H2,(H,23,24,25). The highest BCUT2D eigenvalue weighted by atomic mass is 127. The van der Waals surface area contributed by atoms with E-state index >= 15 is 0 Å². The lowest BCUT2D eigenvalue weighted by molar-refractivity contribution is -0.130. The van der Waals surface area contributed by atoms with Crippen molar-refractivity contribution in [2.24, 2.45) is 0 Å². The SMILES string of the molecule is O=C(CNc1ccccc1F)N1CCCC(Nc2ncnc3c2ccn3SI)C1. The molecule has 152 valence electrons. The number of hydrogen-bond acceptors (Lipinski definition) is 6. The highest BCUT2D eigenvalue weighted by Crippen LogP contribution is 2.27. The number of aromatic nitrogens is 3. The van der Waals surface area contributed by atoms with E-state index in [-0.39, 0.29) is 24.3 Å². The van der Waals surface area contributed by atoms with Crippen molar-refractivity contribution < 1.29 is 9.18 Å². The average Bonchev–Trinajstić information content (AvgIpc) is 3.17. The van der Waals surface area contributed by atoms with Gasteiger partial charge in [0.1, 0.15) is 18.0 Å². The molecule has 0 radical (unpaired) electrons. The van der Waals surface area contributed by atoms with Crippen molar-refractivity contribution in [3.8, 4) is 0 Å². The minimum atomic E-state index is -0.358. The summed E-state index contributed by atoms with van der Waals surface area (Å²) in [6.45, 7) is 1.36. The Morgan fingerprint density at radius 2 is 2.17 bits per heavy atom. The minimum Gasteiger partial charge on any atom is -0.374 e. The number of amides is 1. The van der Waals surface area contributed by atoms with Crippen molar-refractivity contribution in [2.45, 2.75) is 18.9 Å². The zero-order chi connectivity index (χ0) is 20.2. The van der Waals surface area contributed by atoms with E-state index in [4.69, 9.17) is 0 Å². The normalized spacial score (nSPS) is 16.8. The molecule has 0 spiro atoms. The summed E-state index contributed by atoms with van der Waals surface area (Å²) in [5.41, 5.74) is 1.20. The highest BCUT2D eigenvalue weighted by Gasteiger charge is 2.24. The molecule has 10 heteroatoms. The molecule has 1 atom stereocenters. The second-order valence-electron chi connectivity index (χ2n) is 6.83. The van der Waals surface area contributed by atoms with Crippen LogP contribution in [0.5, 0.6) is 0 Å². The number of hydrogen-bond donors (Lipinski definition) is 2. The molecule has 3 heterocycles. The number of nitrogens with zero attached hydrogens (tertiary/aromatic N) is 4. The first kappa shape index (κ1) is 20.2. The van der Waals surface area contributed by atoms with E-state index in [1.807, 2.05) is 21.1 Å². The number of benzene rings is 1. The van der Waals surface area contributed by atoms with Gasteiger partial charge in [0.25, 0.3) is 0 Å². The third-order valence-corrected chi connectivity index (χ3v) is 6.66. The molecule has 1 saturated heterocycles.